The number of carboxylic acids is 1. The van der Waals surface area contributed by atoms with Gasteiger partial charge in [-0.2, -0.15) is 13.2 Å². The number of nitrogens with zero attached hydrogens (tertiary/aromatic N) is 5. The minimum atomic E-state index is -4.51. The molecule has 1 aliphatic heterocycles. The smallest absolute Gasteiger partial charge is 0.417 e. The highest BCUT2D eigenvalue weighted by atomic mass is 19.4. The first-order valence-electron chi connectivity index (χ1n) is 7.64. The highest BCUT2D eigenvalue weighted by Crippen LogP contribution is 2.31. The highest BCUT2D eigenvalue weighted by Gasteiger charge is 2.46. The average molecular weight is 369 g/mol. The normalized spacial score (nSPS) is 20.4. The minimum absolute atomic E-state index is 0.0481. The van der Waals surface area contributed by atoms with Gasteiger partial charge < -0.3 is 10.0 Å². The zero-order valence-electron chi connectivity index (χ0n) is 13.6. The molecule has 3 rings (SSSR count). The predicted molar refractivity (Wildman–Crippen MR) is 80.5 cm³/mol. The molecule has 1 N–H and O–H groups in total. The van der Waals surface area contributed by atoms with Crippen molar-refractivity contribution in [3.63, 3.8) is 0 Å². The third kappa shape index (κ3) is 3.00. The summed E-state index contributed by atoms with van der Waals surface area (Å²) >= 11 is 0. The van der Waals surface area contributed by atoms with Crippen molar-refractivity contribution in [1.82, 2.24) is 24.9 Å². The number of carboxylic acid groups (broad SMARTS) is 1. The quantitative estimate of drug-likeness (QED) is 0.885. The van der Waals surface area contributed by atoms with Crippen molar-refractivity contribution in [1.29, 1.82) is 0 Å². The second-order valence-electron chi connectivity index (χ2n) is 6.09. The van der Waals surface area contributed by atoms with Gasteiger partial charge in [-0.3, -0.25) is 4.79 Å². The Balaban J connectivity index is 1.84. The number of aromatic nitrogens is 4. The largest absolute Gasteiger partial charge is 0.480 e. The Bertz CT molecular complexity index is 849. The summed E-state index contributed by atoms with van der Waals surface area (Å²) in [7, 11) is 0. The van der Waals surface area contributed by atoms with Crippen molar-refractivity contribution in [2.45, 2.75) is 31.5 Å². The van der Waals surface area contributed by atoms with Crippen LogP contribution in [0.3, 0.4) is 0 Å². The number of likely N-dealkylation sites (tertiary alicyclic amines) is 1. The standard InChI is InChI=1S/C15H14F3N5O3/c1-14(13(25)26)5-2-6-22(14)12(24)10-8-23(21-20-10)11-4-3-9(7-19-11)15(16,17)18/h3-4,7-8H,2,5-6H2,1H3,(H,25,26). The van der Waals surface area contributed by atoms with Gasteiger partial charge in [0.2, 0.25) is 0 Å². The number of halogens is 3. The monoisotopic (exact) mass is 369 g/mol. The molecule has 1 aliphatic rings. The minimum Gasteiger partial charge on any atom is -0.480 e. The second kappa shape index (κ2) is 6.07. The third-order valence-electron chi connectivity index (χ3n) is 4.37. The summed E-state index contributed by atoms with van der Waals surface area (Å²) in [5, 5.41) is 16.8. The molecule has 8 nitrogen and oxygen atoms in total. The molecule has 0 bridgehead atoms. The van der Waals surface area contributed by atoms with Crippen LogP contribution in [-0.2, 0) is 11.0 Å². The van der Waals surface area contributed by atoms with E-state index in [-0.39, 0.29) is 18.1 Å². The molecule has 1 unspecified atom stereocenters. The fourth-order valence-electron chi connectivity index (χ4n) is 2.81. The van der Waals surface area contributed by atoms with E-state index in [1.807, 2.05) is 0 Å². The Morgan fingerprint density at radius 2 is 2.04 bits per heavy atom. The molecular weight excluding hydrogens is 355 g/mol. The Morgan fingerprint density at radius 1 is 1.31 bits per heavy atom. The lowest BCUT2D eigenvalue weighted by Crippen LogP contribution is -2.50. The molecule has 11 heteroatoms. The fraction of sp³-hybridized carbons (Fsp3) is 0.400. The summed E-state index contributed by atoms with van der Waals surface area (Å²) in [6.45, 7) is 1.73. The Labute approximate surface area is 145 Å². The van der Waals surface area contributed by atoms with Crippen molar-refractivity contribution in [2.75, 3.05) is 6.54 Å². The van der Waals surface area contributed by atoms with Gasteiger partial charge in [0.15, 0.2) is 11.5 Å². The molecule has 1 amide bonds. The number of carbonyl (C=O) groups excluding carboxylic acids is 1. The van der Waals surface area contributed by atoms with Crippen LogP contribution >= 0.6 is 0 Å². The van der Waals surface area contributed by atoms with Crippen LogP contribution in [0.5, 0.6) is 0 Å². The summed E-state index contributed by atoms with van der Waals surface area (Å²) in [5.74, 6) is -1.67. The lowest BCUT2D eigenvalue weighted by molar-refractivity contribution is -0.147. The molecule has 1 saturated heterocycles. The van der Waals surface area contributed by atoms with Gasteiger partial charge in [0.1, 0.15) is 5.54 Å². The summed E-state index contributed by atoms with van der Waals surface area (Å²) in [6, 6.07) is 1.94. The van der Waals surface area contributed by atoms with Crippen molar-refractivity contribution in [3.8, 4) is 5.82 Å². The maximum atomic E-state index is 12.6. The van der Waals surface area contributed by atoms with Crippen LogP contribution in [0.15, 0.2) is 24.5 Å². The molecule has 26 heavy (non-hydrogen) atoms. The number of hydrogen-bond donors (Lipinski definition) is 1. The average Bonchev–Trinajstić information content (AvgIpc) is 3.21. The topological polar surface area (TPSA) is 101 Å². The van der Waals surface area contributed by atoms with E-state index in [4.69, 9.17) is 0 Å². The maximum absolute atomic E-state index is 12.6. The van der Waals surface area contributed by atoms with Gasteiger partial charge in [-0.05, 0) is 31.9 Å². The van der Waals surface area contributed by atoms with Crippen molar-refractivity contribution < 1.29 is 27.9 Å². The van der Waals surface area contributed by atoms with E-state index in [2.05, 4.69) is 15.3 Å². The van der Waals surface area contributed by atoms with E-state index in [9.17, 15) is 27.9 Å². The molecule has 138 valence electrons. The Morgan fingerprint density at radius 3 is 2.62 bits per heavy atom. The molecule has 0 spiro atoms. The third-order valence-corrected chi connectivity index (χ3v) is 4.37. The van der Waals surface area contributed by atoms with Gasteiger partial charge in [-0.25, -0.2) is 14.5 Å². The number of alkyl halides is 3. The highest BCUT2D eigenvalue weighted by molar-refractivity contribution is 5.96. The van der Waals surface area contributed by atoms with E-state index >= 15 is 0 Å². The van der Waals surface area contributed by atoms with E-state index in [0.717, 1.165) is 16.8 Å². The molecule has 0 saturated carbocycles. The van der Waals surface area contributed by atoms with Crippen LogP contribution in [0, 0.1) is 0 Å². The van der Waals surface area contributed by atoms with E-state index in [1.165, 1.54) is 18.0 Å². The summed E-state index contributed by atoms with van der Waals surface area (Å²) in [5.41, 5.74) is -2.35. The number of pyridine rings is 1. The molecular formula is C15H14F3N5O3. The lowest BCUT2D eigenvalue weighted by Gasteiger charge is -2.30. The first-order chi connectivity index (χ1) is 12.1. The molecule has 0 aromatic carbocycles. The van der Waals surface area contributed by atoms with Gasteiger partial charge in [0.25, 0.3) is 5.91 Å². The molecule has 0 aliphatic carbocycles. The van der Waals surface area contributed by atoms with Gasteiger partial charge in [0, 0.05) is 12.7 Å². The zero-order chi connectivity index (χ0) is 19.1. The van der Waals surface area contributed by atoms with E-state index in [0.29, 0.717) is 19.0 Å². The number of hydrogen-bond acceptors (Lipinski definition) is 5. The van der Waals surface area contributed by atoms with Crippen LogP contribution in [0.25, 0.3) is 5.82 Å². The first kappa shape index (κ1) is 17.8. The van der Waals surface area contributed by atoms with Crippen LogP contribution in [0.1, 0.15) is 35.8 Å². The summed E-state index contributed by atoms with van der Waals surface area (Å²) < 4.78 is 38.8. The number of carbonyl (C=O) groups is 2. The summed E-state index contributed by atoms with van der Waals surface area (Å²) in [4.78, 5) is 28.9. The lowest BCUT2D eigenvalue weighted by atomic mass is 9.99. The van der Waals surface area contributed by atoms with Crippen molar-refractivity contribution in [2.24, 2.45) is 0 Å². The fourth-order valence-corrected chi connectivity index (χ4v) is 2.81. The molecule has 3 heterocycles. The Kier molecular flexibility index (Phi) is 4.17. The molecule has 1 fully saturated rings. The molecule has 2 aromatic heterocycles. The van der Waals surface area contributed by atoms with Crippen LogP contribution in [0.2, 0.25) is 0 Å². The van der Waals surface area contributed by atoms with E-state index in [1.54, 1.807) is 0 Å². The molecule has 1 atom stereocenters. The zero-order valence-corrected chi connectivity index (χ0v) is 13.6. The first-order valence-corrected chi connectivity index (χ1v) is 7.64. The number of rotatable bonds is 3. The van der Waals surface area contributed by atoms with Crippen LogP contribution in [-0.4, -0.2) is 53.9 Å². The van der Waals surface area contributed by atoms with Crippen LogP contribution < -0.4 is 0 Å². The van der Waals surface area contributed by atoms with Crippen molar-refractivity contribution >= 4 is 11.9 Å². The second-order valence-corrected chi connectivity index (χ2v) is 6.09. The van der Waals surface area contributed by atoms with Gasteiger partial charge in [-0.1, -0.05) is 5.21 Å². The SMILES string of the molecule is CC1(C(=O)O)CCCN1C(=O)c1cn(-c2ccc(C(F)(F)F)cn2)nn1. The van der Waals surface area contributed by atoms with Gasteiger partial charge in [0.05, 0.1) is 11.8 Å². The summed E-state index contributed by atoms with van der Waals surface area (Å²) in [6.07, 6.45) is -1.78. The maximum Gasteiger partial charge on any atom is 0.417 e. The predicted octanol–water partition coefficient (Wildman–Crippen LogP) is 1.76. The van der Waals surface area contributed by atoms with Gasteiger partial charge >= 0.3 is 12.1 Å². The number of amides is 1. The van der Waals surface area contributed by atoms with Crippen LogP contribution in [0.4, 0.5) is 13.2 Å². The van der Waals surface area contributed by atoms with Gasteiger partial charge in [-0.15, -0.1) is 5.10 Å². The van der Waals surface area contributed by atoms with E-state index < -0.39 is 29.2 Å². The van der Waals surface area contributed by atoms with Crippen molar-refractivity contribution in [3.05, 3.63) is 35.8 Å². The number of aliphatic carboxylic acids is 1. The Hall–Kier alpha value is -2.98. The molecule has 0 radical (unpaired) electrons. The molecule has 2 aromatic rings.